The number of unbranched alkanes of at least 4 members (excludes halogenated alkanes) is 1. The summed E-state index contributed by atoms with van der Waals surface area (Å²) in [4.78, 5) is 30.0. The number of carbonyl (C=O) groups is 2. The fourth-order valence-corrected chi connectivity index (χ4v) is 2.67. The van der Waals surface area contributed by atoms with E-state index in [1.807, 2.05) is 49.9 Å². The maximum absolute atomic E-state index is 12.6. The van der Waals surface area contributed by atoms with Gasteiger partial charge in [-0.15, -0.1) is 0 Å². The third-order valence-corrected chi connectivity index (χ3v) is 4.57. The van der Waals surface area contributed by atoms with E-state index in [1.165, 1.54) is 6.92 Å². The largest absolute Gasteiger partial charge is 0.352 e. The van der Waals surface area contributed by atoms with Gasteiger partial charge in [-0.3, -0.25) is 14.6 Å². The van der Waals surface area contributed by atoms with Crippen molar-refractivity contribution in [2.24, 2.45) is 4.99 Å². The van der Waals surface area contributed by atoms with Crippen LogP contribution in [0.5, 0.6) is 0 Å². The Balaban J connectivity index is 2.91. The van der Waals surface area contributed by atoms with Crippen LogP contribution >= 0.6 is 0 Å². The van der Waals surface area contributed by atoms with Crippen LogP contribution in [0, 0.1) is 0 Å². The maximum Gasteiger partial charge on any atom is 0.267 e. The molecule has 0 aliphatic carbocycles. The number of nitrogens with zero attached hydrogens (tertiary/aromatic N) is 2. The average molecular weight is 372 g/mol. The molecule has 1 rings (SSSR count). The Labute approximate surface area is 163 Å². The minimum absolute atomic E-state index is 0.00348. The van der Waals surface area contributed by atoms with Crippen LogP contribution in [0.2, 0.25) is 0 Å². The zero-order valence-corrected chi connectivity index (χ0v) is 17.6. The van der Waals surface area contributed by atoms with Crippen molar-refractivity contribution in [1.29, 1.82) is 0 Å². The van der Waals surface area contributed by atoms with Gasteiger partial charge < -0.3 is 10.2 Å². The first-order valence-electron chi connectivity index (χ1n) is 9.65. The Morgan fingerprint density at radius 3 is 2.19 bits per heavy atom. The van der Waals surface area contributed by atoms with Gasteiger partial charge in [0.25, 0.3) is 5.91 Å². The van der Waals surface area contributed by atoms with Gasteiger partial charge in [0.05, 0.1) is 0 Å². The SMILES string of the molecule is CCCCN(CC)C(=O)C(C)=N/C(C)=C(\C)c1ccc(CNC(C)=O)cc1. The monoisotopic (exact) mass is 371 g/mol. The lowest BCUT2D eigenvalue weighted by Gasteiger charge is -2.20. The van der Waals surface area contributed by atoms with Gasteiger partial charge in [-0.05, 0) is 50.8 Å². The number of hydrogen-bond acceptors (Lipinski definition) is 3. The standard InChI is InChI=1S/C22H33N3O2/c1-7-9-14-25(8-2)22(27)18(5)24-17(4)16(3)21-12-10-20(11-13-21)15-23-19(6)26/h10-13H,7-9,14-15H2,1-6H3,(H,23,26)/b17-16+,24-18?. The molecule has 0 aliphatic heterocycles. The van der Waals surface area contributed by atoms with Gasteiger partial charge in [0.15, 0.2) is 0 Å². The molecular formula is C22H33N3O2. The van der Waals surface area contributed by atoms with E-state index in [1.54, 1.807) is 6.92 Å². The minimum atomic E-state index is -0.0412. The first-order chi connectivity index (χ1) is 12.8. The van der Waals surface area contributed by atoms with Gasteiger partial charge in [-0.2, -0.15) is 0 Å². The summed E-state index contributed by atoms with van der Waals surface area (Å²) in [6, 6.07) is 8.02. The van der Waals surface area contributed by atoms with Crippen molar-refractivity contribution in [3.05, 3.63) is 41.1 Å². The molecule has 1 aromatic rings. The van der Waals surface area contributed by atoms with Crippen molar-refractivity contribution in [3.63, 3.8) is 0 Å². The maximum atomic E-state index is 12.6. The molecule has 0 heterocycles. The molecule has 2 amide bonds. The smallest absolute Gasteiger partial charge is 0.267 e. The third kappa shape index (κ3) is 7.37. The molecule has 5 heteroatoms. The second-order valence-electron chi connectivity index (χ2n) is 6.75. The Morgan fingerprint density at radius 1 is 1.04 bits per heavy atom. The first-order valence-corrected chi connectivity index (χ1v) is 9.65. The number of allylic oxidation sites excluding steroid dienone is 2. The molecule has 148 valence electrons. The normalized spacial score (nSPS) is 12.4. The Kier molecular flexibility index (Phi) is 9.48. The Bertz CT molecular complexity index is 703. The predicted octanol–water partition coefficient (Wildman–Crippen LogP) is 4.18. The summed E-state index contributed by atoms with van der Waals surface area (Å²) < 4.78 is 0. The summed E-state index contributed by atoms with van der Waals surface area (Å²) in [5, 5.41) is 2.79. The molecule has 1 N–H and O–H groups in total. The molecular weight excluding hydrogens is 338 g/mol. The van der Waals surface area contributed by atoms with E-state index < -0.39 is 0 Å². The number of hydrogen-bond donors (Lipinski definition) is 1. The molecule has 0 spiro atoms. The van der Waals surface area contributed by atoms with Crippen LogP contribution in [0.15, 0.2) is 35.0 Å². The molecule has 0 atom stereocenters. The number of carbonyl (C=O) groups excluding carboxylic acids is 2. The van der Waals surface area contributed by atoms with Gasteiger partial charge in [0.2, 0.25) is 5.91 Å². The summed E-state index contributed by atoms with van der Waals surface area (Å²) >= 11 is 0. The molecule has 0 bridgehead atoms. The highest BCUT2D eigenvalue weighted by molar-refractivity contribution is 6.38. The number of rotatable bonds is 9. The van der Waals surface area contributed by atoms with E-state index in [-0.39, 0.29) is 11.8 Å². The van der Waals surface area contributed by atoms with Crippen molar-refractivity contribution in [3.8, 4) is 0 Å². The number of benzene rings is 1. The highest BCUT2D eigenvalue weighted by atomic mass is 16.2. The highest BCUT2D eigenvalue weighted by Crippen LogP contribution is 2.20. The van der Waals surface area contributed by atoms with E-state index in [9.17, 15) is 9.59 Å². The molecule has 27 heavy (non-hydrogen) atoms. The summed E-state index contributed by atoms with van der Waals surface area (Å²) in [6.07, 6.45) is 2.07. The Hall–Kier alpha value is -2.43. The molecule has 1 aromatic carbocycles. The topological polar surface area (TPSA) is 61.8 Å². The predicted molar refractivity (Wildman–Crippen MR) is 113 cm³/mol. The average Bonchev–Trinajstić information content (AvgIpc) is 2.66. The van der Waals surface area contributed by atoms with Crippen molar-refractivity contribution >= 4 is 23.1 Å². The van der Waals surface area contributed by atoms with Crippen molar-refractivity contribution in [2.45, 2.75) is 60.9 Å². The van der Waals surface area contributed by atoms with E-state index in [0.717, 1.165) is 41.8 Å². The van der Waals surface area contributed by atoms with Crippen LogP contribution in [-0.4, -0.2) is 35.5 Å². The van der Waals surface area contributed by atoms with Crippen LogP contribution in [0.4, 0.5) is 0 Å². The van der Waals surface area contributed by atoms with Gasteiger partial charge in [-0.25, -0.2) is 0 Å². The van der Waals surface area contributed by atoms with Crippen molar-refractivity contribution in [1.82, 2.24) is 10.2 Å². The number of amides is 2. The van der Waals surface area contributed by atoms with Gasteiger partial charge in [-0.1, -0.05) is 37.6 Å². The summed E-state index contributed by atoms with van der Waals surface area (Å²) in [6.45, 7) is 13.3. The van der Waals surface area contributed by atoms with Crippen LogP contribution in [0.3, 0.4) is 0 Å². The molecule has 0 fully saturated rings. The molecule has 5 nitrogen and oxygen atoms in total. The fraction of sp³-hybridized carbons (Fsp3) is 0.500. The molecule has 0 radical (unpaired) electrons. The highest BCUT2D eigenvalue weighted by Gasteiger charge is 2.14. The molecule has 0 saturated heterocycles. The zero-order valence-electron chi connectivity index (χ0n) is 17.6. The molecule has 0 unspecified atom stereocenters. The third-order valence-electron chi connectivity index (χ3n) is 4.57. The van der Waals surface area contributed by atoms with Gasteiger partial charge >= 0.3 is 0 Å². The van der Waals surface area contributed by atoms with E-state index >= 15 is 0 Å². The van der Waals surface area contributed by atoms with E-state index in [2.05, 4.69) is 17.2 Å². The lowest BCUT2D eigenvalue weighted by molar-refractivity contribution is -0.124. The van der Waals surface area contributed by atoms with Gasteiger partial charge in [0, 0.05) is 32.3 Å². The van der Waals surface area contributed by atoms with E-state index in [4.69, 9.17) is 0 Å². The van der Waals surface area contributed by atoms with Crippen LogP contribution in [0.1, 0.15) is 65.5 Å². The van der Waals surface area contributed by atoms with Crippen LogP contribution in [-0.2, 0) is 16.1 Å². The number of aliphatic imine (C=N–C) groups is 1. The Morgan fingerprint density at radius 2 is 1.67 bits per heavy atom. The lowest BCUT2D eigenvalue weighted by atomic mass is 10.0. The second kappa shape index (κ2) is 11.3. The van der Waals surface area contributed by atoms with Crippen LogP contribution < -0.4 is 5.32 Å². The van der Waals surface area contributed by atoms with Crippen molar-refractivity contribution < 1.29 is 9.59 Å². The second-order valence-corrected chi connectivity index (χ2v) is 6.75. The summed E-state index contributed by atoms with van der Waals surface area (Å²) in [5.41, 5.74) is 4.49. The summed E-state index contributed by atoms with van der Waals surface area (Å²) in [7, 11) is 0. The van der Waals surface area contributed by atoms with Gasteiger partial charge in [0.1, 0.15) is 5.71 Å². The molecule has 0 aromatic heterocycles. The lowest BCUT2D eigenvalue weighted by Crippen LogP contribution is -2.36. The first kappa shape index (κ1) is 22.6. The zero-order chi connectivity index (χ0) is 20.4. The fourth-order valence-electron chi connectivity index (χ4n) is 2.67. The number of nitrogens with one attached hydrogen (secondary N) is 1. The molecule has 0 saturated carbocycles. The quantitative estimate of drug-likeness (QED) is 0.662. The summed E-state index contributed by atoms with van der Waals surface area (Å²) in [5.74, 6) is -0.0377. The van der Waals surface area contributed by atoms with E-state index in [0.29, 0.717) is 18.8 Å². The van der Waals surface area contributed by atoms with Crippen LogP contribution in [0.25, 0.3) is 5.57 Å². The molecule has 0 aliphatic rings. The minimum Gasteiger partial charge on any atom is -0.352 e. The van der Waals surface area contributed by atoms with Crippen molar-refractivity contribution in [2.75, 3.05) is 13.1 Å².